The number of benzene rings is 2. The lowest BCUT2D eigenvalue weighted by molar-refractivity contribution is -0.124. The second-order valence-corrected chi connectivity index (χ2v) is 9.62. The molecular formula is C25H31ClN4O3S. The predicted molar refractivity (Wildman–Crippen MR) is 141 cm³/mol. The van der Waals surface area contributed by atoms with E-state index in [9.17, 15) is 9.59 Å². The summed E-state index contributed by atoms with van der Waals surface area (Å²) in [6, 6.07) is 13.5. The smallest absolute Gasteiger partial charge is 0.234 e. The van der Waals surface area contributed by atoms with Crippen molar-refractivity contribution in [3.8, 4) is 5.75 Å². The Bertz CT molecular complexity index is 1150. The zero-order chi connectivity index (χ0) is 23.5. The Balaban J connectivity index is 0.00000324. The van der Waals surface area contributed by atoms with Crippen LogP contribution in [0.2, 0.25) is 0 Å². The van der Waals surface area contributed by atoms with E-state index in [1.54, 1.807) is 16.9 Å². The average molecular weight is 503 g/mol. The lowest BCUT2D eigenvalue weighted by atomic mass is 10.1. The van der Waals surface area contributed by atoms with Crippen molar-refractivity contribution in [2.24, 2.45) is 5.92 Å². The summed E-state index contributed by atoms with van der Waals surface area (Å²) in [5, 5.41) is 0.659. The SMILES string of the molecule is COc1ccc(C)c2sc(N(CCCN(C)C)C(=O)C3CC(=O)N(c4ccccc4)C3)nc12.Cl. The van der Waals surface area contributed by atoms with Gasteiger partial charge in [0.15, 0.2) is 5.13 Å². The van der Waals surface area contributed by atoms with Gasteiger partial charge in [-0.15, -0.1) is 12.4 Å². The van der Waals surface area contributed by atoms with Crippen LogP contribution in [0.5, 0.6) is 5.75 Å². The van der Waals surface area contributed by atoms with Crippen LogP contribution < -0.4 is 14.5 Å². The van der Waals surface area contributed by atoms with E-state index in [2.05, 4.69) is 4.90 Å². The fourth-order valence-electron chi connectivity index (χ4n) is 4.17. The van der Waals surface area contributed by atoms with Gasteiger partial charge in [0.1, 0.15) is 11.3 Å². The van der Waals surface area contributed by atoms with Gasteiger partial charge in [-0.3, -0.25) is 14.5 Å². The molecule has 1 atom stereocenters. The minimum Gasteiger partial charge on any atom is -0.494 e. The van der Waals surface area contributed by atoms with Crippen molar-refractivity contribution in [3.63, 3.8) is 0 Å². The molecule has 182 valence electrons. The summed E-state index contributed by atoms with van der Waals surface area (Å²) >= 11 is 1.51. The molecule has 1 aliphatic heterocycles. The van der Waals surface area contributed by atoms with Crippen LogP contribution >= 0.6 is 23.7 Å². The van der Waals surface area contributed by atoms with Crippen molar-refractivity contribution < 1.29 is 14.3 Å². The van der Waals surface area contributed by atoms with Crippen LogP contribution in [-0.2, 0) is 9.59 Å². The standard InChI is InChI=1S/C25H30N4O3S.ClH/c1-17-11-12-20(32-4)22-23(17)33-25(26-22)28(14-8-13-27(2)3)24(31)18-15-21(30)29(16-18)19-9-6-5-7-10-19;/h5-7,9-12,18H,8,13-16H2,1-4H3;1H. The molecule has 0 bridgehead atoms. The first-order chi connectivity index (χ1) is 15.9. The molecule has 9 heteroatoms. The Morgan fingerprint density at radius 2 is 1.91 bits per heavy atom. The number of aryl methyl sites for hydroxylation is 1. The van der Waals surface area contributed by atoms with E-state index in [0.717, 1.165) is 34.4 Å². The normalized spacial score (nSPS) is 15.6. The molecule has 2 aromatic carbocycles. The van der Waals surface area contributed by atoms with Gasteiger partial charge in [-0.2, -0.15) is 0 Å². The van der Waals surface area contributed by atoms with Crippen LogP contribution in [0, 0.1) is 12.8 Å². The zero-order valence-electron chi connectivity index (χ0n) is 20.0. The number of aromatic nitrogens is 1. The zero-order valence-corrected chi connectivity index (χ0v) is 21.6. The minimum absolute atomic E-state index is 0. The van der Waals surface area contributed by atoms with Gasteiger partial charge in [0.25, 0.3) is 0 Å². The summed E-state index contributed by atoms with van der Waals surface area (Å²) in [6.07, 6.45) is 1.03. The van der Waals surface area contributed by atoms with E-state index in [1.165, 1.54) is 11.3 Å². The summed E-state index contributed by atoms with van der Waals surface area (Å²) in [6.45, 7) is 3.83. The number of anilines is 2. The molecule has 2 amide bonds. The third-order valence-electron chi connectivity index (χ3n) is 5.94. The van der Waals surface area contributed by atoms with Crippen LogP contribution in [0.4, 0.5) is 10.8 Å². The van der Waals surface area contributed by atoms with E-state index < -0.39 is 5.92 Å². The number of para-hydroxylation sites is 1. The molecular weight excluding hydrogens is 472 g/mol. The van der Waals surface area contributed by atoms with Crippen LogP contribution in [0.3, 0.4) is 0 Å². The number of thiazole rings is 1. The van der Waals surface area contributed by atoms with Gasteiger partial charge in [-0.25, -0.2) is 4.98 Å². The Morgan fingerprint density at radius 3 is 2.59 bits per heavy atom. The topological polar surface area (TPSA) is 66.0 Å². The molecule has 0 saturated carbocycles. The molecule has 4 rings (SSSR count). The monoisotopic (exact) mass is 502 g/mol. The number of hydrogen-bond acceptors (Lipinski definition) is 6. The molecule has 34 heavy (non-hydrogen) atoms. The first-order valence-corrected chi connectivity index (χ1v) is 12.0. The average Bonchev–Trinajstić information content (AvgIpc) is 3.42. The van der Waals surface area contributed by atoms with Gasteiger partial charge in [-0.1, -0.05) is 35.6 Å². The van der Waals surface area contributed by atoms with E-state index in [-0.39, 0.29) is 30.6 Å². The van der Waals surface area contributed by atoms with Crippen LogP contribution in [0.1, 0.15) is 18.4 Å². The fraction of sp³-hybridized carbons (Fsp3) is 0.400. The fourth-order valence-corrected chi connectivity index (χ4v) is 5.26. The third-order valence-corrected chi connectivity index (χ3v) is 7.15. The lowest BCUT2D eigenvalue weighted by Gasteiger charge is -2.24. The van der Waals surface area contributed by atoms with Gasteiger partial charge < -0.3 is 14.5 Å². The van der Waals surface area contributed by atoms with Crippen molar-refractivity contribution in [2.75, 3.05) is 50.6 Å². The Labute approximate surface area is 210 Å². The number of halogens is 1. The first kappa shape index (κ1) is 25.9. The highest BCUT2D eigenvalue weighted by Gasteiger charge is 2.38. The second-order valence-electron chi connectivity index (χ2n) is 8.65. The molecule has 1 fully saturated rings. The number of hydrogen-bond donors (Lipinski definition) is 0. The predicted octanol–water partition coefficient (Wildman–Crippen LogP) is 4.37. The molecule has 3 aromatic rings. The minimum atomic E-state index is -0.396. The summed E-state index contributed by atoms with van der Waals surface area (Å²) in [7, 11) is 5.67. The van der Waals surface area contributed by atoms with E-state index in [1.807, 2.05) is 63.5 Å². The van der Waals surface area contributed by atoms with Gasteiger partial charge >= 0.3 is 0 Å². The number of nitrogens with zero attached hydrogens (tertiary/aromatic N) is 4. The van der Waals surface area contributed by atoms with Crippen LogP contribution in [0.15, 0.2) is 42.5 Å². The molecule has 1 saturated heterocycles. The molecule has 0 spiro atoms. The third kappa shape index (κ3) is 5.35. The van der Waals surface area contributed by atoms with Crippen molar-refractivity contribution in [2.45, 2.75) is 19.8 Å². The highest BCUT2D eigenvalue weighted by molar-refractivity contribution is 7.22. The highest BCUT2D eigenvalue weighted by Crippen LogP contribution is 2.37. The van der Waals surface area contributed by atoms with Gasteiger partial charge in [-0.05, 0) is 57.7 Å². The lowest BCUT2D eigenvalue weighted by Crippen LogP contribution is -2.39. The van der Waals surface area contributed by atoms with Crippen LogP contribution in [0.25, 0.3) is 10.2 Å². The number of ether oxygens (including phenoxy) is 1. The molecule has 7 nitrogen and oxygen atoms in total. The summed E-state index contributed by atoms with van der Waals surface area (Å²) in [5.74, 6) is 0.239. The quantitative estimate of drug-likeness (QED) is 0.457. The number of carbonyl (C=O) groups excluding carboxylic acids is 2. The highest BCUT2D eigenvalue weighted by atomic mass is 35.5. The maximum Gasteiger partial charge on any atom is 0.234 e. The van der Waals surface area contributed by atoms with E-state index in [0.29, 0.717) is 24.0 Å². The maximum absolute atomic E-state index is 13.7. The Hall–Kier alpha value is -2.68. The largest absolute Gasteiger partial charge is 0.494 e. The van der Waals surface area contributed by atoms with Crippen molar-refractivity contribution >= 4 is 56.6 Å². The number of rotatable bonds is 8. The number of amides is 2. The molecule has 0 N–H and O–H groups in total. The summed E-state index contributed by atoms with van der Waals surface area (Å²) in [4.78, 5) is 36.9. The first-order valence-electron chi connectivity index (χ1n) is 11.1. The van der Waals surface area contributed by atoms with Gasteiger partial charge in [0.2, 0.25) is 11.8 Å². The number of carbonyl (C=O) groups is 2. The summed E-state index contributed by atoms with van der Waals surface area (Å²) < 4.78 is 6.53. The van der Waals surface area contributed by atoms with E-state index >= 15 is 0 Å². The molecule has 0 radical (unpaired) electrons. The number of fused-ring (bicyclic) bond motifs is 1. The molecule has 1 unspecified atom stereocenters. The maximum atomic E-state index is 13.7. The van der Waals surface area contributed by atoms with Gasteiger partial charge in [0, 0.05) is 25.2 Å². The van der Waals surface area contributed by atoms with Crippen molar-refractivity contribution in [3.05, 3.63) is 48.0 Å². The number of methoxy groups -OCH3 is 1. The Morgan fingerprint density at radius 1 is 1.18 bits per heavy atom. The van der Waals surface area contributed by atoms with Crippen molar-refractivity contribution in [1.29, 1.82) is 0 Å². The Kier molecular flexibility index (Phi) is 8.52. The van der Waals surface area contributed by atoms with E-state index in [4.69, 9.17) is 9.72 Å². The molecule has 2 heterocycles. The second kappa shape index (κ2) is 11.2. The molecule has 1 aliphatic rings. The summed E-state index contributed by atoms with van der Waals surface area (Å²) in [5.41, 5.74) is 2.70. The van der Waals surface area contributed by atoms with Crippen molar-refractivity contribution in [1.82, 2.24) is 9.88 Å². The van der Waals surface area contributed by atoms with Crippen LogP contribution in [-0.4, -0.2) is 62.5 Å². The molecule has 0 aliphatic carbocycles. The van der Waals surface area contributed by atoms with Gasteiger partial charge in [0.05, 0.1) is 17.7 Å². The molecule has 1 aromatic heterocycles.